The minimum Gasteiger partial charge on any atom is -0.427 e. The Morgan fingerprint density at radius 3 is 2.35 bits per heavy atom. The molecule has 6 nitrogen and oxygen atoms in total. The molecule has 0 aliphatic carbocycles. The van der Waals surface area contributed by atoms with Crippen LogP contribution < -0.4 is 4.90 Å². The molecule has 1 aliphatic heterocycles. The largest absolute Gasteiger partial charge is 0.427 e. The SMILES string of the molecule is CC(=O)O/C(C=C(C#N)C#N)=C/C=C\N1CCN(c2ccccc2)CC1. The maximum Gasteiger partial charge on any atom is 0.308 e. The van der Waals surface area contributed by atoms with Crippen LogP contribution in [0.3, 0.4) is 0 Å². The summed E-state index contributed by atoms with van der Waals surface area (Å²) in [5.74, 6) is -0.345. The van der Waals surface area contributed by atoms with Crippen molar-refractivity contribution in [2.75, 3.05) is 31.1 Å². The molecule has 0 saturated carbocycles. The summed E-state index contributed by atoms with van der Waals surface area (Å²) in [6.45, 7) is 4.86. The van der Waals surface area contributed by atoms with Crippen molar-refractivity contribution in [3.63, 3.8) is 0 Å². The second kappa shape index (κ2) is 9.71. The minimum absolute atomic E-state index is 0.123. The molecular formula is C20H20N4O2. The van der Waals surface area contributed by atoms with Crippen LogP contribution in [0.25, 0.3) is 0 Å². The first-order valence-electron chi connectivity index (χ1n) is 8.25. The predicted molar refractivity (Wildman–Crippen MR) is 98.5 cm³/mol. The molecule has 0 radical (unpaired) electrons. The van der Waals surface area contributed by atoms with Gasteiger partial charge in [0.15, 0.2) is 0 Å². The maximum absolute atomic E-state index is 11.1. The van der Waals surface area contributed by atoms with E-state index >= 15 is 0 Å². The van der Waals surface area contributed by atoms with Crippen LogP contribution in [0.5, 0.6) is 0 Å². The molecule has 0 aromatic heterocycles. The molecule has 0 N–H and O–H groups in total. The van der Waals surface area contributed by atoms with Crippen LogP contribution in [0.4, 0.5) is 5.69 Å². The number of anilines is 1. The van der Waals surface area contributed by atoms with Gasteiger partial charge in [-0.05, 0) is 30.5 Å². The van der Waals surface area contributed by atoms with E-state index in [2.05, 4.69) is 21.9 Å². The van der Waals surface area contributed by atoms with Crippen molar-refractivity contribution in [2.45, 2.75) is 6.92 Å². The number of carbonyl (C=O) groups excluding carboxylic acids is 1. The molecule has 1 saturated heterocycles. The number of carbonyl (C=O) groups is 1. The number of hydrogen-bond donors (Lipinski definition) is 0. The number of piperazine rings is 1. The summed E-state index contributed by atoms with van der Waals surface area (Å²) < 4.78 is 5.01. The van der Waals surface area contributed by atoms with Crippen LogP contribution in [0.15, 0.2) is 66.1 Å². The van der Waals surface area contributed by atoms with Gasteiger partial charge in [-0.2, -0.15) is 10.5 Å². The van der Waals surface area contributed by atoms with Gasteiger partial charge in [-0.15, -0.1) is 0 Å². The van der Waals surface area contributed by atoms with E-state index in [-0.39, 0.29) is 11.3 Å². The fraction of sp³-hybridized carbons (Fsp3) is 0.250. The molecule has 2 rings (SSSR count). The second-order valence-corrected chi connectivity index (χ2v) is 5.64. The van der Waals surface area contributed by atoms with Crippen molar-refractivity contribution in [2.24, 2.45) is 0 Å². The zero-order chi connectivity index (χ0) is 18.8. The summed E-state index contributed by atoms with van der Waals surface area (Å²) in [5, 5.41) is 17.6. The van der Waals surface area contributed by atoms with Gasteiger partial charge in [-0.3, -0.25) is 4.79 Å². The monoisotopic (exact) mass is 348 g/mol. The molecule has 1 aliphatic rings. The number of allylic oxidation sites excluding steroid dienone is 4. The lowest BCUT2D eigenvalue weighted by atomic mass is 10.2. The topological polar surface area (TPSA) is 80.4 Å². The zero-order valence-electron chi connectivity index (χ0n) is 14.6. The van der Waals surface area contributed by atoms with Gasteiger partial charge < -0.3 is 14.5 Å². The number of nitrogens with zero attached hydrogens (tertiary/aromatic N) is 4. The number of nitriles is 2. The van der Waals surface area contributed by atoms with Crippen molar-refractivity contribution in [3.05, 3.63) is 66.1 Å². The van der Waals surface area contributed by atoms with Gasteiger partial charge in [0.1, 0.15) is 23.5 Å². The number of hydrogen-bond acceptors (Lipinski definition) is 6. The average Bonchev–Trinajstić information content (AvgIpc) is 2.66. The van der Waals surface area contributed by atoms with E-state index < -0.39 is 5.97 Å². The van der Waals surface area contributed by atoms with Crippen LogP contribution in [-0.4, -0.2) is 37.0 Å². The second-order valence-electron chi connectivity index (χ2n) is 5.64. The highest BCUT2D eigenvalue weighted by Crippen LogP contribution is 2.15. The number of benzene rings is 1. The first kappa shape index (κ1) is 18.8. The normalized spacial score (nSPS) is 14.5. The molecule has 1 heterocycles. The summed E-state index contributed by atoms with van der Waals surface area (Å²) in [6.07, 6.45) is 6.48. The lowest BCUT2D eigenvalue weighted by Crippen LogP contribution is -2.44. The quantitative estimate of drug-likeness (QED) is 0.352. The Labute approximate surface area is 153 Å². The standard InChI is InChI=1S/C20H20N4O2/c1-17(25)26-20(14-18(15-21)16-22)8-5-9-23-10-12-24(13-11-23)19-6-3-2-4-7-19/h2-9,14H,10-13H2,1H3/b9-5-,20-8+. The van der Waals surface area contributed by atoms with Crippen molar-refractivity contribution >= 4 is 11.7 Å². The Morgan fingerprint density at radius 1 is 1.12 bits per heavy atom. The van der Waals surface area contributed by atoms with Gasteiger partial charge in [0.2, 0.25) is 0 Å². The first-order valence-corrected chi connectivity index (χ1v) is 8.25. The molecule has 0 atom stereocenters. The lowest BCUT2D eigenvalue weighted by Gasteiger charge is -2.35. The number of rotatable bonds is 5. The van der Waals surface area contributed by atoms with Gasteiger partial charge >= 0.3 is 5.97 Å². The summed E-state index contributed by atoms with van der Waals surface area (Å²) in [6, 6.07) is 13.8. The Balaban J connectivity index is 1.96. The van der Waals surface area contributed by atoms with Gasteiger partial charge in [0.05, 0.1) is 0 Å². The Hall–Kier alpha value is -3.51. The van der Waals surface area contributed by atoms with E-state index in [1.807, 2.05) is 24.4 Å². The van der Waals surface area contributed by atoms with Gasteiger partial charge in [0, 0.05) is 44.9 Å². The lowest BCUT2D eigenvalue weighted by molar-refractivity contribution is -0.136. The third-order valence-electron chi connectivity index (χ3n) is 3.78. The summed E-state index contributed by atoms with van der Waals surface area (Å²) in [4.78, 5) is 15.6. The summed E-state index contributed by atoms with van der Waals surface area (Å²) >= 11 is 0. The Morgan fingerprint density at radius 2 is 1.77 bits per heavy atom. The van der Waals surface area contributed by atoms with E-state index in [4.69, 9.17) is 15.3 Å². The van der Waals surface area contributed by atoms with Gasteiger partial charge in [0.25, 0.3) is 0 Å². The van der Waals surface area contributed by atoms with Gasteiger partial charge in [-0.1, -0.05) is 18.2 Å². The highest BCUT2D eigenvalue weighted by molar-refractivity contribution is 5.68. The van der Waals surface area contributed by atoms with E-state index in [0.717, 1.165) is 26.2 Å². The van der Waals surface area contributed by atoms with Crippen molar-refractivity contribution in [1.29, 1.82) is 10.5 Å². The number of para-hydroxylation sites is 1. The van der Waals surface area contributed by atoms with E-state index in [1.165, 1.54) is 18.7 Å². The van der Waals surface area contributed by atoms with Crippen LogP contribution in [0.1, 0.15) is 6.92 Å². The summed E-state index contributed by atoms with van der Waals surface area (Å²) in [7, 11) is 0. The van der Waals surface area contributed by atoms with Gasteiger partial charge in [-0.25, -0.2) is 0 Å². The van der Waals surface area contributed by atoms with E-state index in [9.17, 15) is 4.79 Å². The van der Waals surface area contributed by atoms with Crippen molar-refractivity contribution < 1.29 is 9.53 Å². The third-order valence-corrected chi connectivity index (χ3v) is 3.78. The zero-order valence-corrected chi connectivity index (χ0v) is 14.6. The fourth-order valence-corrected chi connectivity index (χ4v) is 2.54. The molecule has 1 fully saturated rings. The third kappa shape index (κ3) is 5.85. The fourth-order valence-electron chi connectivity index (χ4n) is 2.54. The average molecular weight is 348 g/mol. The molecule has 0 bridgehead atoms. The predicted octanol–water partition coefficient (Wildman–Crippen LogP) is 2.74. The molecule has 1 aromatic carbocycles. The van der Waals surface area contributed by atoms with E-state index in [1.54, 1.807) is 24.3 Å². The molecule has 0 unspecified atom stereocenters. The highest BCUT2D eigenvalue weighted by atomic mass is 16.5. The molecule has 0 spiro atoms. The molecule has 1 aromatic rings. The van der Waals surface area contributed by atoms with Crippen molar-refractivity contribution in [3.8, 4) is 12.1 Å². The molecule has 6 heteroatoms. The molecule has 132 valence electrons. The highest BCUT2D eigenvalue weighted by Gasteiger charge is 2.14. The molecular weight excluding hydrogens is 328 g/mol. The number of ether oxygens (including phenoxy) is 1. The van der Waals surface area contributed by atoms with Crippen LogP contribution in [-0.2, 0) is 9.53 Å². The van der Waals surface area contributed by atoms with E-state index in [0.29, 0.717) is 0 Å². The van der Waals surface area contributed by atoms with Crippen LogP contribution in [0, 0.1) is 22.7 Å². The smallest absolute Gasteiger partial charge is 0.308 e. The Kier molecular flexibility index (Phi) is 7.03. The maximum atomic E-state index is 11.1. The first-order chi connectivity index (χ1) is 12.6. The van der Waals surface area contributed by atoms with Crippen molar-refractivity contribution in [1.82, 2.24) is 4.90 Å². The summed E-state index contributed by atoms with van der Waals surface area (Å²) in [5.41, 5.74) is 1.10. The minimum atomic E-state index is -0.507. The molecule has 0 amide bonds. The number of esters is 1. The Bertz CT molecular complexity index is 773. The van der Waals surface area contributed by atoms with Crippen LogP contribution in [0.2, 0.25) is 0 Å². The molecule has 26 heavy (non-hydrogen) atoms. The van der Waals surface area contributed by atoms with Crippen LogP contribution >= 0.6 is 0 Å².